The molecule has 0 amide bonds. The highest BCUT2D eigenvalue weighted by atomic mass is 32.1. The van der Waals surface area contributed by atoms with E-state index < -0.39 is 0 Å². The summed E-state index contributed by atoms with van der Waals surface area (Å²) in [4.78, 5) is 3.84. The molecule has 1 fully saturated rings. The molecule has 2 aromatic heterocycles. The van der Waals surface area contributed by atoms with Gasteiger partial charge in [-0.1, -0.05) is 6.07 Å². The van der Waals surface area contributed by atoms with E-state index >= 15 is 0 Å². The molecule has 0 spiro atoms. The minimum atomic E-state index is -0.250. The van der Waals surface area contributed by atoms with Gasteiger partial charge in [-0.15, -0.1) is 11.3 Å². The zero-order valence-corrected chi connectivity index (χ0v) is 15.6. The summed E-state index contributed by atoms with van der Waals surface area (Å²) < 4.78 is 17.6. The van der Waals surface area contributed by atoms with Gasteiger partial charge in [-0.25, -0.2) is 9.07 Å². The van der Waals surface area contributed by atoms with E-state index in [2.05, 4.69) is 22.4 Å². The van der Waals surface area contributed by atoms with Gasteiger partial charge >= 0.3 is 0 Å². The Labute approximate surface area is 155 Å². The number of thiophene rings is 1. The highest BCUT2D eigenvalue weighted by Crippen LogP contribution is 2.34. The molecule has 0 aliphatic carbocycles. The topological polar surface area (TPSA) is 26.0 Å². The van der Waals surface area contributed by atoms with Crippen LogP contribution in [-0.4, -0.2) is 25.8 Å². The lowest BCUT2D eigenvalue weighted by molar-refractivity contribution is 0.192. The zero-order chi connectivity index (χ0) is 17.4. The Balaban J connectivity index is 1.62. The van der Waals surface area contributed by atoms with Crippen LogP contribution in [0.5, 0.6) is 0 Å². The summed E-state index contributed by atoms with van der Waals surface area (Å²) in [5, 5.41) is 6.83. The van der Waals surface area contributed by atoms with Crippen molar-refractivity contribution in [1.29, 1.82) is 0 Å². The summed E-state index contributed by atoms with van der Waals surface area (Å²) in [5.74, 6) is 0.511. The van der Waals surface area contributed by atoms with Crippen LogP contribution >= 0.6 is 23.6 Å². The lowest BCUT2D eigenvalue weighted by Crippen LogP contribution is -2.26. The van der Waals surface area contributed by atoms with Crippen LogP contribution in [0, 0.1) is 10.6 Å². The Bertz CT molecular complexity index is 912. The van der Waals surface area contributed by atoms with Crippen molar-refractivity contribution < 1.29 is 4.39 Å². The van der Waals surface area contributed by atoms with E-state index in [1.165, 1.54) is 29.9 Å². The Hall–Kier alpha value is -1.83. The molecule has 0 radical (unpaired) electrons. The molecule has 1 aliphatic heterocycles. The number of benzene rings is 1. The average Bonchev–Trinajstić information content (AvgIpc) is 3.33. The van der Waals surface area contributed by atoms with Crippen LogP contribution < -0.4 is 0 Å². The third-order valence-electron chi connectivity index (χ3n) is 4.69. The Kier molecular flexibility index (Phi) is 4.54. The maximum Gasteiger partial charge on any atom is 0.199 e. The number of likely N-dealkylation sites (tertiary alicyclic amines) is 1. The predicted octanol–water partition coefficient (Wildman–Crippen LogP) is 4.61. The molecule has 1 aliphatic rings. The highest BCUT2D eigenvalue weighted by molar-refractivity contribution is 7.71. The van der Waals surface area contributed by atoms with Gasteiger partial charge in [-0.2, -0.15) is 5.10 Å². The van der Waals surface area contributed by atoms with Gasteiger partial charge in [0.2, 0.25) is 0 Å². The Morgan fingerprint density at radius 1 is 1.28 bits per heavy atom. The SMILES string of the molecule is Cn1c(-c2ccc(F)cc2)nn(CN2CCC[C@@H]2c2cccs2)c1=S. The van der Waals surface area contributed by atoms with Crippen LogP contribution in [0.15, 0.2) is 41.8 Å². The standard InChI is InChI=1S/C18H19FN4S2/c1-21-17(13-6-8-14(19)9-7-13)20-23(18(21)24)12-22-10-2-4-15(22)16-5-3-11-25-16/h3,5-9,11,15H,2,4,10,12H2,1H3/t15-/m1/s1. The first-order chi connectivity index (χ1) is 12.1. The van der Waals surface area contributed by atoms with Crippen molar-refractivity contribution in [2.24, 2.45) is 7.05 Å². The predicted molar refractivity (Wildman–Crippen MR) is 100 cm³/mol. The molecule has 0 saturated carbocycles. The first-order valence-corrected chi connectivity index (χ1v) is 9.59. The van der Waals surface area contributed by atoms with Crippen LogP contribution in [0.1, 0.15) is 23.8 Å². The van der Waals surface area contributed by atoms with Gasteiger partial charge in [0.05, 0.1) is 6.67 Å². The molecule has 4 rings (SSSR count). The molecule has 0 bridgehead atoms. The van der Waals surface area contributed by atoms with Crippen LogP contribution in [0.2, 0.25) is 0 Å². The van der Waals surface area contributed by atoms with E-state index in [0.717, 1.165) is 17.9 Å². The maximum atomic E-state index is 13.2. The lowest BCUT2D eigenvalue weighted by atomic mass is 10.2. The van der Waals surface area contributed by atoms with Gasteiger partial charge in [0, 0.05) is 30.1 Å². The fourth-order valence-corrected chi connectivity index (χ4v) is 4.48. The van der Waals surface area contributed by atoms with Crippen LogP contribution in [0.3, 0.4) is 0 Å². The van der Waals surface area contributed by atoms with Crippen molar-refractivity contribution in [2.45, 2.75) is 25.6 Å². The molecule has 1 aromatic carbocycles. The molecular weight excluding hydrogens is 355 g/mol. The molecule has 0 N–H and O–H groups in total. The van der Waals surface area contributed by atoms with Gasteiger partial charge in [-0.05, 0) is 60.8 Å². The number of rotatable bonds is 4. The molecular formula is C18H19FN4S2. The first-order valence-electron chi connectivity index (χ1n) is 8.31. The largest absolute Gasteiger partial charge is 0.303 e. The third-order valence-corrected chi connectivity index (χ3v) is 6.15. The number of nitrogens with zero attached hydrogens (tertiary/aromatic N) is 4. The molecule has 130 valence electrons. The Morgan fingerprint density at radius 3 is 2.80 bits per heavy atom. The van der Waals surface area contributed by atoms with Crippen LogP contribution in [0.4, 0.5) is 4.39 Å². The summed E-state index contributed by atoms with van der Waals surface area (Å²) in [5.41, 5.74) is 0.866. The van der Waals surface area contributed by atoms with Gasteiger partial charge in [0.1, 0.15) is 5.82 Å². The van der Waals surface area contributed by atoms with Crippen molar-refractivity contribution >= 4 is 23.6 Å². The van der Waals surface area contributed by atoms with E-state index in [9.17, 15) is 4.39 Å². The minimum absolute atomic E-state index is 0.250. The smallest absolute Gasteiger partial charge is 0.199 e. The normalized spacial score (nSPS) is 18.1. The van der Waals surface area contributed by atoms with Gasteiger partial charge in [0.25, 0.3) is 0 Å². The summed E-state index contributed by atoms with van der Waals surface area (Å²) in [6, 6.07) is 11.1. The van der Waals surface area contributed by atoms with Crippen molar-refractivity contribution in [3.8, 4) is 11.4 Å². The second kappa shape index (κ2) is 6.82. The van der Waals surface area contributed by atoms with E-state index in [4.69, 9.17) is 17.3 Å². The molecule has 4 nitrogen and oxygen atoms in total. The van der Waals surface area contributed by atoms with Crippen molar-refractivity contribution in [3.63, 3.8) is 0 Å². The quantitative estimate of drug-likeness (QED) is 0.624. The molecule has 3 aromatic rings. The number of aromatic nitrogens is 3. The van der Waals surface area contributed by atoms with Crippen molar-refractivity contribution in [3.05, 3.63) is 57.2 Å². The van der Waals surface area contributed by atoms with Gasteiger partial charge < -0.3 is 4.57 Å². The van der Waals surface area contributed by atoms with Crippen LogP contribution in [-0.2, 0) is 13.7 Å². The van der Waals surface area contributed by atoms with Gasteiger partial charge in [0.15, 0.2) is 10.6 Å². The zero-order valence-electron chi connectivity index (χ0n) is 13.9. The maximum absolute atomic E-state index is 13.2. The fraction of sp³-hybridized carbons (Fsp3) is 0.333. The number of hydrogen-bond donors (Lipinski definition) is 0. The second-order valence-corrected chi connectivity index (χ2v) is 7.64. The van der Waals surface area contributed by atoms with E-state index in [0.29, 0.717) is 17.5 Å². The van der Waals surface area contributed by atoms with Gasteiger partial charge in [-0.3, -0.25) is 4.90 Å². The summed E-state index contributed by atoms with van der Waals surface area (Å²) >= 11 is 7.39. The Morgan fingerprint density at radius 2 is 2.08 bits per heavy atom. The number of halogens is 1. The molecule has 7 heteroatoms. The van der Waals surface area contributed by atoms with Crippen LogP contribution in [0.25, 0.3) is 11.4 Å². The number of hydrogen-bond acceptors (Lipinski definition) is 4. The molecule has 1 atom stereocenters. The molecule has 3 heterocycles. The summed E-state index contributed by atoms with van der Waals surface area (Å²) in [6.45, 7) is 1.73. The molecule has 1 saturated heterocycles. The highest BCUT2D eigenvalue weighted by Gasteiger charge is 2.27. The van der Waals surface area contributed by atoms with E-state index in [1.807, 2.05) is 27.6 Å². The second-order valence-electron chi connectivity index (χ2n) is 6.30. The average molecular weight is 375 g/mol. The van der Waals surface area contributed by atoms with Crippen molar-refractivity contribution in [1.82, 2.24) is 19.2 Å². The lowest BCUT2D eigenvalue weighted by Gasteiger charge is -2.23. The minimum Gasteiger partial charge on any atom is -0.303 e. The van der Waals surface area contributed by atoms with E-state index in [1.54, 1.807) is 12.1 Å². The fourth-order valence-electron chi connectivity index (χ4n) is 3.40. The first kappa shape index (κ1) is 16.6. The monoisotopic (exact) mass is 374 g/mol. The summed E-state index contributed by atoms with van der Waals surface area (Å²) in [7, 11) is 1.91. The molecule has 25 heavy (non-hydrogen) atoms. The van der Waals surface area contributed by atoms with E-state index in [-0.39, 0.29) is 5.82 Å². The third kappa shape index (κ3) is 3.19. The summed E-state index contributed by atoms with van der Waals surface area (Å²) in [6.07, 6.45) is 2.36. The molecule has 0 unspecified atom stereocenters. The van der Waals surface area contributed by atoms with Crippen molar-refractivity contribution in [2.75, 3.05) is 6.54 Å².